The maximum Gasteiger partial charge on any atom is 0.408 e. The largest absolute Gasteiger partial charge is 0.444 e. The normalized spacial score (nSPS) is 12.7. The molecule has 0 aromatic heterocycles. The number of ether oxygens (including phenoxy) is 1. The highest BCUT2D eigenvalue weighted by Gasteiger charge is 2.34. The molecule has 0 saturated heterocycles. The SMILES string of the molecule is C#CN(C(=O)C(C)NC(=O)OC(C)(C)C)C(C(=O)Nc1ccc2ccccc2c1)c1ccc(C)c(C)c1. The highest BCUT2D eigenvalue weighted by molar-refractivity contribution is 6.01. The minimum Gasteiger partial charge on any atom is -0.444 e. The van der Waals surface area contributed by atoms with E-state index in [4.69, 9.17) is 11.2 Å². The van der Waals surface area contributed by atoms with Crippen molar-refractivity contribution in [1.82, 2.24) is 10.2 Å². The number of hydrogen-bond donors (Lipinski definition) is 2. The maximum atomic E-state index is 13.7. The Morgan fingerprint density at radius 3 is 2.24 bits per heavy atom. The Kier molecular flexibility index (Phi) is 8.24. The molecular weight excluding hydrogens is 466 g/mol. The van der Waals surface area contributed by atoms with E-state index in [0.29, 0.717) is 11.3 Å². The van der Waals surface area contributed by atoms with Crippen LogP contribution < -0.4 is 10.6 Å². The Morgan fingerprint density at radius 1 is 0.946 bits per heavy atom. The summed E-state index contributed by atoms with van der Waals surface area (Å²) in [4.78, 5) is 40.3. The Hall–Kier alpha value is -4.31. The van der Waals surface area contributed by atoms with Gasteiger partial charge >= 0.3 is 6.09 Å². The third kappa shape index (κ3) is 6.89. The number of nitrogens with zero attached hydrogens (tertiary/aromatic N) is 1. The molecule has 192 valence electrons. The number of hydrogen-bond acceptors (Lipinski definition) is 4. The van der Waals surface area contributed by atoms with Gasteiger partial charge in [-0.05, 0) is 81.1 Å². The maximum absolute atomic E-state index is 13.7. The van der Waals surface area contributed by atoms with Gasteiger partial charge in [-0.3, -0.25) is 14.5 Å². The fraction of sp³-hybridized carbons (Fsp3) is 0.300. The van der Waals surface area contributed by atoms with Crippen molar-refractivity contribution in [1.29, 1.82) is 0 Å². The van der Waals surface area contributed by atoms with Crippen molar-refractivity contribution < 1.29 is 19.1 Å². The topological polar surface area (TPSA) is 87.7 Å². The number of rotatable bonds is 6. The molecule has 0 spiro atoms. The number of nitrogens with one attached hydrogen (secondary N) is 2. The number of alkyl carbamates (subject to hydrolysis) is 1. The number of anilines is 1. The van der Waals surface area contributed by atoms with Crippen molar-refractivity contribution in [2.24, 2.45) is 0 Å². The first-order valence-corrected chi connectivity index (χ1v) is 12.1. The van der Waals surface area contributed by atoms with Crippen molar-refractivity contribution in [2.45, 2.75) is 59.2 Å². The van der Waals surface area contributed by atoms with Crippen LogP contribution in [0.15, 0.2) is 60.7 Å². The van der Waals surface area contributed by atoms with E-state index >= 15 is 0 Å². The third-order valence-electron chi connectivity index (χ3n) is 5.85. The van der Waals surface area contributed by atoms with Crippen LogP contribution in [0.25, 0.3) is 10.8 Å². The van der Waals surface area contributed by atoms with E-state index in [1.807, 2.05) is 62.4 Å². The molecule has 2 N–H and O–H groups in total. The van der Waals surface area contributed by atoms with Crippen LogP contribution in [0, 0.1) is 26.3 Å². The predicted molar refractivity (Wildman–Crippen MR) is 146 cm³/mol. The van der Waals surface area contributed by atoms with Crippen LogP contribution >= 0.6 is 0 Å². The quantitative estimate of drug-likeness (QED) is 0.348. The lowest BCUT2D eigenvalue weighted by atomic mass is 9.98. The van der Waals surface area contributed by atoms with Crippen molar-refractivity contribution in [3.05, 3.63) is 77.4 Å². The third-order valence-corrected chi connectivity index (χ3v) is 5.85. The number of fused-ring (bicyclic) bond motifs is 1. The van der Waals surface area contributed by atoms with Gasteiger partial charge in [-0.1, -0.05) is 55.0 Å². The van der Waals surface area contributed by atoms with E-state index in [-0.39, 0.29) is 0 Å². The molecule has 2 atom stereocenters. The Morgan fingerprint density at radius 2 is 1.62 bits per heavy atom. The molecule has 37 heavy (non-hydrogen) atoms. The van der Waals surface area contributed by atoms with Gasteiger partial charge in [0.1, 0.15) is 17.7 Å². The van der Waals surface area contributed by atoms with Crippen LogP contribution in [-0.2, 0) is 14.3 Å². The lowest BCUT2D eigenvalue weighted by molar-refractivity contribution is -0.136. The van der Waals surface area contributed by atoms with E-state index < -0.39 is 35.6 Å². The molecular formula is C30H33N3O4. The van der Waals surface area contributed by atoms with Crippen molar-refractivity contribution in [3.8, 4) is 12.5 Å². The van der Waals surface area contributed by atoms with Crippen LogP contribution in [0.2, 0.25) is 0 Å². The molecule has 0 aliphatic carbocycles. The highest BCUT2D eigenvalue weighted by Crippen LogP contribution is 2.27. The Labute approximate surface area is 218 Å². The van der Waals surface area contributed by atoms with E-state index in [1.54, 1.807) is 32.9 Å². The van der Waals surface area contributed by atoms with Gasteiger partial charge in [-0.2, -0.15) is 0 Å². The summed E-state index contributed by atoms with van der Waals surface area (Å²) in [6.07, 6.45) is 5.03. The molecule has 3 aromatic carbocycles. The summed E-state index contributed by atoms with van der Waals surface area (Å²) < 4.78 is 5.26. The molecule has 0 aliphatic heterocycles. The molecule has 0 bridgehead atoms. The lowest BCUT2D eigenvalue weighted by Gasteiger charge is -2.29. The molecule has 0 aliphatic rings. The zero-order chi connectivity index (χ0) is 27.3. The van der Waals surface area contributed by atoms with Crippen molar-refractivity contribution in [2.75, 3.05) is 5.32 Å². The number of amides is 3. The van der Waals surface area contributed by atoms with Gasteiger partial charge in [0.15, 0.2) is 0 Å². The predicted octanol–water partition coefficient (Wildman–Crippen LogP) is 5.47. The lowest BCUT2D eigenvalue weighted by Crippen LogP contribution is -2.49. The zero-order valence-corrected chi connectivity index (χ0v) is 22.1. The Bertz CT molecular complexity index is 1370. The van der Waals surface area contributed by atoms with Gasteiger partial charge in [-0.25, -0.2) is 4.79 Å². The van der Waals surface area contributed by atoms with Gasteiger partial charge in [0, 0.05) is 11.7 Å². The monoisotopic (exact) mass is 499 g/mol. The molecule has 0 heterocycles. The summed E-state index contributed by atoms with van der Waals surface area (Å²) in [6.45, 7) is 10.5. The van der Waals surface area contributed by atoms with Crippen molar-refractivity contribution >= 4 is 34.4 Å². The first kappa shape index (κ1) is 27.3. The minimum absolute atomic E-state index is 0.477. The molecule has 0 fully saturated rings. The van der Waals surface area contributed by atoms with Gasteiger partial charge in [0.05, 0.1) is 0 Å². The summed E-state index contributed by atoms with van der Waals surface area (Å²) in [5, 5.41) is 7.41. The standard InChI is InChI=1S/C30H33N3O4/c1-8-33(28(35)21(4)31-29(36)37-30(5,6)7)26(24-14-13-19(2)20(3)17-24)27(34)32-25-16-15-22-11-9-10-12-23(22)18-25/h1,9-18,21,26H,2-7H3,(H,31,36)(H,32,34). The summed E-state index contributed by atoms with van der Waals surface area (Å²) in [5.74, 6) is -1.10. The average Bonchev–Trinajstić information content (AvgIpc) is 2.82. The Balaban J connectivity index is 1.93. The number of terminal acetylenes is 1. The van der Waals surface area contributed by atoms with Gasteiger partial charge in [-0.15, -0.1) is 0 Å². The number of carbonyl (C=O) groups is 3. The van der Waals surface area contributed by atoms with Crippen LogP contribution in [0.5, 0.6) is 0 Å². The molecule has 2 unspecified atom stereocenters. The van der Waals surface area contributed by atoms with Gasteiger partial charge in [0.25, 0.3) is 11.8 Å². The van der Waals surface area contributed by atoms with Crippen LogP contribution in [0.4, 0.5) is 10.5 Å². The fourth-order valence-electron chi connectivity index (χ4n) is 3.85. The van der Waals surface area contributed by atoms with E-state index in [1.165, 1.54) is 6.92 Å². The molecule has 0 radical (unpaired) electrons. The molecule has 7 heteroatoms. The second kappa shape index (κ2) is 11.2. The average molecular weight is 500 g/mol. The minimum atomic E-state index is -1.13. The highest BCUT2D eigenvalue weighted by atomic mass is 16.6. The smallest absolute Gasteiger partial charge is 0.408 e. The molecule has 0 saturated carbocycles. The van der Waals surface area contributed by atoms with Crippen LogP contribution in [0.3, 0.4) is 0 Å². The summed E-state index contributed by atoms with van der Waals surface area (Å²) >= 11 is 0. The molecule has 3 aromatic rings. The van der Waals surface area contributed by atoms with Gasteiger partial charge in [0.2, 0.25) is 0 Å². The number of carbonyl (C=O) groups excluding carboxylic acids is 3. The summed E-state index contributed by atoms with van der Waals surface area (Å²) in [7, 11) is 0. The number of aryl methyl sites for hydroxylation is 2. The van der Waals surface area contributed by atoms with E-state index in [0.717, 1.165) is 26.8 Å². The number of benzene rings is 3. The van der Waals surface area contributed by atoms with Crippen molar-refractivity contribution in [3.63, 3.8) is 0 Å². The summed E-state index contributed by atoms with van der Waals surface area (Å²) in [6, 6.07) is 19.1. The zero-order valence-electron chi connectivity index (χ0n) is 22.1. The first-order chi connectivity index (χ1) is 17.4. The van der Waals surface area contributed by atoms with E-state index in [9.17, 15) is 14.4 Å². The second-order valence-corrected chi connectivity index (χ2v) is 10.0. The van der Waals surface area contributed by atoms with Gasteiger partial charge < -0.3 is 15.4 Å². The molecule has 3 amide bonds. The first-order valence-electron chi connectivity index (χ1n) is 12.1. The van der Waals surface area contributed by atoms with Crippen LogP contribution in [-0.4, -0.2) is 34.5 Å². The molecule has 3 rings (SSSR count). The molecule has 7 nitrogen and oxygen atoms in total. The summed E-state index contributed by atoms with van der Waals surface area (Å²) in [5.41, 5.74) is 2.38. The fourth-order valence-corrected chi connectivity index (χ4v) is 3.85. The second-order valence-electron chi connectivity index (χ2n) is 10.0. The van der Waals surface area contributed by atoms with E-state index in [2.05, 4.69) is 16.7 Å². The van der Waals surface area contributed by atoms with Crippen LogP contribution in [0.1, 0.15) is 50.4 Å².